The van der Waals surface area contributed by atoms with Gasteiger partial charge in [0.15, 0.2) is 0 Å². The van der Waals surface area contributed by atoms with Crippen molar-refractivity contribution in [3.63, 3.8) is 0 Å². The van der Waals surface area contributed by atoms with E-state index in [1.165, 1.54) is 39.3 Å². The molecule has 2 N–H and O–H groups in total. The van der Waals surface area contributed by atoms with E-state index in [2.05, 4.69) is 57.4 Å². The van der Waals surface area contributed by atoms with Gasteiger partial charge >= 0.3 is 0 Å². The van der Waals surface area contributed by atoms with Gasteiger partial charge in [0.05, 0.1) is 5.69 Å². The molecular formula is C17H24N2. The number of benzene rings is 1. The number of hydrogen-bond acceptors (Lipinski definition) is 1. The van der Waals surface area contributed by atoms with E-state index in [-0.39, 0.29) is 0 Å². The quantitative estimate of drug-likeness (QED) is 0.895. The summed E-state index contributed by atoms with van der Waals surface area (Å²) in [4.78, 5) is 0. The van der Waals surface area contributed by atoms with Crippen LogP contribution in [0, 0.1) is 34.6 Å². The zero-order valence-electron chi connectivity index (χ0n) is 12.7. The number of nitrogens with zero attached hydrogens (tertiary/aromatic N) is 1. The summed E-state index contributed by atoms with van der Waals surface area (Å²) in [6.07, 6.45) is 0.948. The van der Waals surface area contributed by atoms with Gasteiger partial charge in [-0.3, -0.25) is 0 Å². The molecule has 1 aromatic heterocycles. The normalized spacial score (nSPS) is 11.1. The summed E-state index contributed by atoms with van der Waals surface area (Å²) >= 11 is 0. The fraction of sp³-hybridized carbons (Fsp3) is 0.412. The van der Waals surface area contributed by atoms with E-state index in [0.717, 1.165) is 6.42 Å². The van der Waals surface area contributed by atoms with Crippen molar-refractivity contribution in [1.82, 2.24) is 4.57 Å². The highest BCUT2D eigenvalue weighted by atomic mass is 15.0. The molecule has 2 aromatic rings. The number of rotatable bonds is 3. The predicted molar refractivity (Wildman–Crippen MR) is 82.2 cm³/mol. The molecular weight excluding hydrogens is 232 g/mol. The molecule has 19 heavy (non-hydrogen) atoms. The molecule has 0 spiro atoms. The van der Waals surface area contributed by atoms with Crippen molar-refractivity contribution in [3.05, 3.63) is 51.8 Å². The molecule has 0 atom stereocenters. The summed E-state index contributed by atoms with van der Waals surface area (Å²) in [5.74, 6) is 0. The first-order valence-corrected chi connectivity index (χ1v) is 6.91. The zero-order chi connectivity index (χ0) is 14.2. The smallest absolute Gasteiger partial charge is 0.0513 e. The van der Waals surface area contributed by atoms with E-state index in [0.29, 0.717) is 6.54 Å². The summed E-state index contributed by atoms with van der Waals surface area (Å²) in [6.45, 7) is 11.6. The highest BCUT2D eigenvalue weighted by Crippen LogP contribution is 2.27. The Morgan fingerprint density at radius 3 is 2.05 bits per heavy atom. The van der Waals surface area contributed by atoms with Crippen LogP contribution in [-0.4, -0.2) is 11.1 Å². The van der Waals surface area contributed by atoms with E-state index in [4.69, 9.17) is 5.73 Å². The molecule has 0 radical (unpaired) electrons. The standard InChI is InChI=1S/C17H24N2/c1-11-8-12(2)17(13(3)9-11)19-14(4)10-16(6-7-18)15(19)5/h8-10H,6-7,18H2,1-5H3. The molecule has 0 saturated carbocycles. The molecule has 0 saturated heterocycles. The van der Waals surface area contributed by atoms with Gasteiger partial charge in [-0.2, -0.15) is 0 Å². The maximum absolute atomic E-state index is 5.70. The second-order valence-electron chi connectivity index (χ2n) is 5.52. The van der Waals surface area contributed by atoms with Crippen LogP contribution >= 0.6 is 0 Å². The molecule has 2 nitrogen and oxygen atoms in total. The second-order valence-corrected chi connectivity index (χ2v) is 5.52. The van der Waals surface area contributed by atoms with Gasteiger partial charge in [0.2, 0.25) is 0 Å². The van der Waals surface area contributed by atoms with Crippen molar-refractivity contribution in [3.8, 4) is 5.69 Å². The molecule has 0 bridgehead atoms. The Balaban J connectivity index is 2.66. The predicted octanol–water partition coefficient (Wildman–Crippen LogP) is 3.52. The van der Waals surface area contributed by atoms with Crippen molar-refractivity contribution in [2.75, 3.05) is 6.54 Å². The Kier molecular flexibility index (Phi) is 3.81. The number of hydrogen-bond donors (Lipinski definition) is 1. The van der Waals surface area contributed by atoms with Crippen LogP contribution in [0.1, 0.15) is 33.6 Å². The Bertz CT molecular complexity index is 583. The topological polar surface area (TPSA) is 30.9 Å². The van der Waals surface area contributed by atoms with Crippen LogP contribution in [0.25, 0.3) is 5.69 Å². The number of aromatic nitrogens is 1. The van der Waals surface area contributed by atoms with Crippen LogP contribution in [0.15, 0.2) is 18.2 Å². The lowest BCUT2D eigenvalue weighted by atomic mass is 10.0. The Morgan fingerprint density at radius 1 is 0.947 bits per heavy atom. The van der Waals surface area contributed by atoms with E-state index in [1.54, 1.807) is 0 Å². The van der Waals surface area contributed by atoms with E-state index >= 15 is 0 Å². The molecule has 0 amide bonds. The highest BCUT2D eigenvalue weighted by Gasteiger charge is 2.13. The maximum Gasteiger partial charge on any atom is 0.0513 e. The summed E-state index contributed by atoms with van der Waals surface area (Å²) < 4.78 is 2.37. The van der Waals surface area contributed by atoms with Crippen molar-refractivity contribution >= 4 is 0 Å². The Morgan fingerprint density at radius 2 is 1.53 bits per heavy atom. The monoisotopic (exact) mass is 256 g/mol. The van der Waals surface area contributed by atoms with Crippen molar-refractivity contribution in [2.45, 2.75) is 41.0 Å². The van der Waals surface area contributed by atoms with Crippen molar-refractivity contribution in [1.29, 1.82) is 0 Å². The van der Waals surface area contributed by atoms with Gasteiger partial charge in [-0.25, -0.2) is 0 Å². The van der Waals surface area contributed by atoms with Gasteiger partial charge in [-0.15, -0.1) is 0 Å². The second kappa shape index (κ2) is 5.22. The van der Waals surface area contributed by atoms with E-state index in [9.17, 15) is 0 Å². The molecule has 0 aliphatic carbocycles. The Hall–Kier alpha value is -1.54. The molecule has 102 valence electrons. The lowest BCUT2D eigenvalue weighted by Gasteiger charge is -2.17. The lowest BCUT2D eigenvalue weighted by Crippen LogP contribution is -2.07. The SMILES string of the molecule is Cc1cc(C)c(-n2c(C)cc(CCN)c2C)c(C)c1. The third-order valence-electron chi connectivity index (χ3n) is 3.81. The van der Waals surface area contributed by atoms with Gasteiger partial charge < -0.3 is 10.3 Å². The maximum atomic E-state index is 5.70. The minimum Gasteiger partial charge on any atom is -0.330 e. The first-order valence-electron chi connectivity index (χ1n) is 6.91. The van der Waals surface area contributed by atoms with Crippen LogP contribution in [0.2, 0.25) is 0 Å². The molecule has 2 rings (SSSR count). The summed E-state index contributed by atoms with van der Waals surface area (Å²) in [6, 6.07) is 6.77. The van der Waals surface area contributed by atoms with Crippen LogP contribution in [-0.2, 0) is 6.42 Å². The third-order valence-corrected chi connectivity index (χ3v) is 3.81. The molecule has 1 aromatic carbocycles. The zero-order valence-corrected chi connectivity index (χ0v) is 12.7. The van der Waals surface area contributed by atoms with Gasteiger partial charge in [-0.05, 0) is 70.3 Å². The van der Waals surface area contributed by atoms with Gasteiger partial charge in [0, 0.05) is 11.4 Å². The van der Waals surface area contributed by atoms with Gasteiger partial charge in [-0.1, -0.05) is 17.7 Å². The summed E-state index contributed by atoms with van der Waals surface area (Å²) in [5.41, 5.74) is 15.0. The van der Waals surface area contributed by atoms with Crippen LogP contribution in [0.3, 0.4) is 0 Å². The lowest BCUT2D eigenvalue weighted by molar-refractivity contribution is 0.909. The van der Waals surface area contributed by atoms with Crippen molar-refractivity contribution in [2.24, 2.45) is 5.73 Å². The van der Waals surface area contributed by atoms with Gasteiger partial charge in [0.25, 0.3) is 0 Å². The average Bonchev–Trinajstić information content (AvgIpc) is 2.56. The molecule has 0 unspecified atom stereocenters. The van der Waals surface area contributed by atoms with E-state index < -0.39 is 0 Å². The molecule has 2 heteroatoms. The van der Waals surface area contributed by atoms with Gasteiger partial charge in [0.1, 0.15) is 0 Å². The van der Waals surface area contributed by atoms with Crippen LogP contribution in [0.5, 0.6) is 0 Å². The summed E-state index contributed by atoms with van der Waals surface area (Å²) in [5, 5.41) is 0. The van der Waals surface area contributed by atoms with E-state index in [1.807, 2.05) is 0 Å². The molecule has 1 heterocycles. The van der Waals surface area contributed by atoms with Crippen LogP contribution in [0.4, 0.5) is 0 Å². The number of nitrogens with two attached hydrogens (primary N) is 1. The Labute approximate surface area is 116 Å². The fourth-order valence-electron chi connectivity index (χ4n) is 3.11. The summed E-state index contributed by atoms with van der Waals surface area (Å²) in [7, 11) is 0. The molecule has 0 fully saturated rings. The fourth-order valence-corrected chi connectivity index (χ4v) is 3.11. The van der Waals surface area contributed by atoms with Crippen LogP contribution < -0.4 is 5.73 Å². The molecule has 0 aliphatic rings. The first-order chi connectivity index (χ1) is 8.95. The average molecular weight is 256 g/mol. The third kappa shape index (κ3) is 2.45. The highest BCUT2D eigenvalue weighted by molar-refractivity contribution is 5.52. The first kappa shape index (κ1) is 13.9. The molecule has 0 aliphatic heterocycles. The minimum atomic E-state index is 0.705. The number of aryl methyl sites for hydroxylation is 4. The largest absolute Gasteiger partial charge is 0.330 e. The van der Waals surface area contributed by atoms with Crippen molar-refractivity contribution < 1.29 is 0 Å². The minimum absolute atomic E-state index is 0.705.